The molecule has 0 aliphatic carbocycles. The highest BCUT2D eigenvalue weighted by atomic mass is 35.5. The average Bonchev–Trinajstić information content (AvgIpc) is 2.96. The fourth-order valence-corrected chi connectivity index (χ4v) is 3.10. The highest BCUT2D eigenvalue weighted by molar-refractivity contribution is 7.99. The number of rotatable bonds is 6. The summed E-state index contributed by atoms with van der Waals surface area (Å²) in [5.74, 6) is 7.37. The van der Waals surface area contributed by atoms with Gasteiger partial charge in [-0.25, -0.2) is 9.07 Å². The Hall–Kier alpha value is -1.96. The Labute approximate surface area is 157 Å². The fourth-order valence-electron chi connectivity index (χ4n) is 2.05. The van der Waals surface area contributed by atoms with Crippen molar-refractivity contribution >= 4 is 35.0 Å². The molecule has 0 bridgehead atoms. The molecule has 3 rings (SSSR count). The second-order valence-corrected chi connectivity index (χ2v) is 6.86. The van der Waals surface area contributed by atoms with Crippen LogP contribution >= 0.6 is 35.0 Å². The largest absolute Gasteiger partial charge is 0.493 e. The number of nitrogen functional groups attached to an aromatic ring is 1. The lowest BCUT2D eigenvalue weighted by atomic mass is 10.2. The predicted molar refractivity (Wildman–Crippen MR) is 98.2 cm³/mol. The molecule has 0 spiro atoms. The Bertz CT molecular complexity index is 873. The number of aromatic nitrogens is 3. The lowest BCUT2D eigenvalue weighted by molar-refractivity contribution is 0.343. The highest BCUT2D eigenvalue weighted by Crippen LogP contribution is 2.30. The van der Waals surface area contributed by atoms with Crippen molar-refractivity contribution in [1.82, 2.24) is 14.9 Å². The van der Waals surface area contributed by atoms with E-state index in [4.69, 9.17) is 33.8 Å². The number of hydrogen-bond acceptors (Lipinski definition) is 5. The van der Waals surface area contributed by atoms with E-state index in [0.717, 1.165) is 0 Å². The second-order valence-electron chi connectivity index (χ2n) is 4.95. The summed E-state index contributed by atoms with van der Waals surface area (Å²) in [7, 11) is 0. The molecular weight excluding hydrogens is 386 g/mol. The molecule has 0 radical (unpaired) electrons. The third-order valence-electron chi connectivity index (χ3n) is 3.23. The summed E-state index contributed by atoms with van der Waals surface area (Å²) in [6, 6.07) is 10.9. The summed E-state index contributed by atoms with van der Waals surface area (Å²) < 4.78 is 19.7. The van der Waals surface area contributed by atoms with Gasteiger partial charge >= 0.3 is 0 Å². The molecule has 1 heterocycles. The van der Waals surface area contributed by atoms with Gasteiger partial charge in [0.25, 0.3) is 0 Å². The maximum absolute atomic E-state index is 12.8. The van der Waals surface area contributed by atoms with Gasteiger partial charge in [-0.3, -0.25) is 0 Å². The van der Waals surface area contributed by atoms with Crippen LogP contribution in [0.25, 0.3) is 11.4 Å². The molecule has 0 saturated heterocycles. The average molecular weight is 399 g/mol. The molecule has 2 aromatic carbocycles. The van der Waals surface area contributed by atoms with Crippen LogP contribution in [0, 0.1) is 5.82 Å². The first kappa shape index (κ1) is 17.8. The Morgan fingerprint density at radius 1 is 1.12 bits per heavy atom. The highest BCUT2D eigenvalue weighted by Gasteiger charge is 2.15. The van der Waals surface area contributed by atoms with Crippen LogP contribution in [0.4, 0.5) is 4.39 Å². The molecule has 0 fully saturated rings. The molecule has 9 heteroatoms. The Morgan fingerprint density at radius 2 is 1.88 bits per heavy atom. The number of hydrogen-bond donors (Lipinski definition) is 1. The SMILES string of the molecule is Nn1c(SCCOc2ccc(F)cc2)nnc1-c1cc(Cl)ccc1Cl. The van der Waals surface area contributed by atoms with E-state index in [0.29, 0.717) is 44.7 Å². The molecule has 0 amide bonds. The van der Waals surface area contributed by atoms with Gasteiger partial charge in [0.2, 0.25) is 5.16 Å². The maximum atomic E-state index is 12.8. The van der Waals surface area contributed by atoms with Crippen molar-refractivity contribution in [2.45, 2.75) is 5.16 Å². The molecule has 5 nitrogen and oxygen atoms in total. The standard InChI is InChI=1S/C16H13Cl2FN4OS/c17-10-1-6-14(18)13(9-10)15-21-22-16(23(15)20)25-8-7-24-12-4-2-11(19)3-5-12/h1-6,9H,7-8,20H2. The van der Waals surface area contributed by atoms with Crippen LogP contribution in [-0.2, 0) is 0 Å². The van der Waals surface area contributed by atoms with Crippen LogP contribution < -0.4 is 10.6 Å². The van der Waals surface area contributed by atoms with Gasteiger partial charge in [-0.1, -0.05) is 35.0 Å². The molecule has 25 heavy (non-hydrogen) atoms. The number of halogens is 3. The molecule has 0 aliphatic heterocycles. The molecule has 2 N–H and O–H groups in total. The van der Waals surface area contributed by atoms with Gasteiger partial charge in [0.15, 0.2) is 5.82 Å². The first-order valence-electron chi connectivity index (χ1n) is 7.21. The smallest absolute Gasteiger partial charge is 0.210 e. The van der Waals surface area contributed by atoms with Crippen molar-refractivity contribution in [2.24, 2.45) is 0 Å². The number of nitrogens with two attached hydrogens (primary N) is 1. The fraction of sp³-hybridized carbons (Fsp3) is 0.125. The molecule has 0 saturated carbocycles. The molecule has 0 aliphatic rings. The van der Waals surface area contributed by atoms with Crippen LogP contribution in [0.15, 0.2) is 47.6 Å². The van der Waals surface area contributed by atoms with Crippen LogP contribution in [0.5, 0.6) is 5.75 Å². The van der Waals surface area contributed by atoms with E-state index in [1.165, 1.54) is 28.6 Å². The van der Waals surface area contributed by atoms with Gasteiger partial charge in [-0.05, 0) is 42.5 Å². The van der Waals surface area contributed by atoms with Crippen molar-refractivity contribution in [3.8, 4) is 17.1 Å². The van der Waals surface area contributed by atoms with Gasteiger partial charge in [0.05, 0.1) is 11.6 Å². The molecule has 1 aromatic heterocycles. The Kier molecular flexibility index (Phi) is 5.67. The minimum atomic E-state index is -0.301. The van der Waals surface area contributed by atoms with E-state index in [1.54, 1.807) is 30.3 Å². The summed E-state index contributed by atoms with van der Waals surface area (Å²) in [5, 5.41) is 9.68. The first-order valence-corrected chi connectivity index (χ1v) is 8.96. The number of nitrogens with zero attached hydrogens (tertiary/aromatic N) is 3. The minimum Gasteiger partial charge on any atom is -0.493 e. The van der Waals surface area contributed by atoms with Crippen molar-refractivity contribution in [3.63, 3.8) is 0 Å². The van der Waals surface area contributed by atoms with Crippen molar-refractivity contribution in [3.05, 3.63) is 58.3 Å². The van der Waals surface area contributed by atoms with E-state index >= 15 is 0 Å². The van der Waals surface area contributed by atoms with E-state index < -0.39 is 0 Å². The summed E-state index contributed by atoms with van der Waals surface area (Å²) in [5.41, 5.74) is 0.610. The van der Waals surface area contributed by atoms with Crippen molar-refractivity contribution < 1.29 is 9.13 Å². The summed E-state index contributed by atoms with van der Waals surface area (Å²) >= 11 is 13.5. The minimum absolute atomic E-state index is 0.301. The maximum Gasteiger partial charge on any atom is 0.210 e. The van der Waals surface area contributed by atoms with E-state index in [1.807, 2.05) is 0 Å². The van der Waals surface area contributed by atoms with E-state index in [-0.39, 0.29) is 5.82 Å². The van der Waals surface area contributed by atoms with Crippen LogP contribution in [-0.4, -0.2) is 27.2 Å². The van der Waals surface area contributed by atoms with Crippen LogP contribution in [0.3, 0.4) is 0 Å². The second kappa shape index (κ2) is 7.95. The van der Waals surface area contributed by atoms with Crippen molar-refractivity contribution in [1.29, 1.82) is 0 Å². The van der Waals surface area contributed by atoms with Gasteiger partial charge in [-0.15, -0.1) is 10.2 Å². The number of benzene rings is 2. The van der Waals surface area contributed by atoms with Crippen LogP contribution in [0.2, 0.25) is 10.0 Å². The zero-order chi connectivity index (χ0) is 17.8. The molecule has 0 unspecified atom stereocenters. The lowest BCUT2D eigenvalue weighted by Crippen LogP contribution is -2.12. The van der Waals surface area contributed by atoms with Gasteiger partial charge in [-0.2, -0.15) is 0 Å². The molecular formula is C16H13Cl2FN4OS. The van der Waals surface area contributed by atoms with Gasteiger partial charge in [0.1, 0.15) is 11.6 Å². The first-order chi connectivity index (χ1) is 12.0. The normalized spacial score (nSPS) is 10.8. The summed E-state index contributed by atoms with van der Waals surface area (Å²) in [6.07, 6.45) is 0. The zero-order valence-corrected chi connectivity index (χ0v) is 15.2. The van der Waals surface area contributed by atoms with E-state index in [9.17, 15) is 4.39 Å². The predicted octanol–water partition coefficient (Wildman–Crippen LogP) is 4.28. The van der Waals surface area contributed by atoms with Crippen LogP contribution in [0.1, 0.15) is 0 Å². The molecule has 130 valence electrons. The summed E-state index contributed by atoms with van der Waals surface area (Å²) in [6.45, 7) is 0.413. The number of ether oxygens (including phenoxy) is 1. The quantitative estimate of drug-likeness (QED) is 0.381. The molecule has 3 aromatic rings. The zero-order valence-electron chi connectivity index (χ0n) is 12.8. The van der Waals surface area contributed by atoms with Gasteiger partial charge in [0, 0.05) is 16.3 Å². The summed E-state index contributed by atoms with van der Waals surface area (Å²) in [4.78, 5) is 0. The van der Waals surface area contributed by atoms with Crippen molar-refractivity contribution in [2.75, 3.05) is 18.2 Å². The third-order valence-corrected chi connectivity index (χ3v) is 4.70. The third kappa shape index (κ3) is 4.36. The Morgan fingerprint density at radius 3 is 2.64 bits per heavy atom. The van der Waals surface area contributed by atoms with E-state index in [2.05, 4.69) is 10.2 Å². The topological polar surface area (TPSA) is 66.0 Å². The monoisotopic (exact) mass is 398 g/mol. The molecule has 0 atom stereocenters. The Balaban J connectivity index is 1.61. The van der Waals surface area contributed by atoms with Gasteiger partial charge < -0.3 is 10.6 Å². The lowest BCUT2D eigenvalue weighted by Gasteiger charge is -2.07. The number of thioether (sulfide) groups is 1.